The van der Waals surface area contributed by atoms with Gasteiger partial charge in [-0.1, -0.05) is 37.1 Å². The fraction of sp³-hybridized carbons (Fsp3) is 0.500. The summed E-state index contributed by atoms with van der Waals surface area (Å²) in [6, 6.07) is 7.81. The van der Waals surface area contributed by atoms with Crippen molar-refractivity contribution in [2.24, 2.45) is 5.92 Å². The summed E-state index contributed by atoms with van der Waals surface area (Å²) in [6.45, 7) is 2.32. The maximum absolute atomic E-state index is 5.78. The van der Waals surface area contributed by atoms with E-state index in [4.69, 9.17) is 10.3 Å². The van der Waals surface area contributed by atoms with E-state index in [9.17, 15) is 0 Å². The molecule has 4 heteroatoms. The lowest BCUT2D eigenvalue weighted by atomic mass is 9.83. The minimum absolute atomic E-state index is 0.476. The number of nitrogens with zero attached hydrogens (tertiary/aromatic N) is 2. The highest BCUT2D eigenvalue weighted by Gasteiger charge is 2.23. The lowest BCUT2D eigenvalue weighted by molar-refractivity contribution is 0.324. The zero-order chi connectivity index (χ0) is 13.9. The van der Waals surface area contributed by atoms with Gasteiger partial charge in [-0.2, -0.15) is 4.98 Å². The topological polar surface area (TPSA) is 64.9 Å². The normalized spacial score (nSPS) is 22.9. The molecule has 3 rings (SSSR count). The molecule has 1 fully saturated rings. The van der Waals surface area contributed by atoms with Gasteiger partial charge < -0.3 is 10.3 Å². The van der Waals surface area contributed by atoms with Crippen molar-refractivity contribution in [1.29, 1.82) is 0 Å². The summed E-state index contributed by atoms with van der Waals surface area (Å²) >= 11 is 0. The van der Waals surface area contributed by atoms with Crippen molar-refractivity contribution in [1.82, 2.24) is 10.1 Å². The predicted octanol–water partition coefficient (Wildman–Crippen LogP) is 3.54. The summed E-state index contributed by atoms with van der Waals surface area (Å²) in [5, 5.41) is 4.17. The van der Waals surface area contributed by atoms with Gasteiger partial charge in [-0.3, -0.25) is 0 Å². The molecule has 0 aliphatic heterocycles. The van der Waals surface area contributed by atoms with Crippen LogP contribution in [0.1, 0.15) is 55.8 Å². The van der Waals surface area contributed by atoms with Gasteiger partial charge in [0.15, 0.2) is 5.82 Å². The van der Waals surface area contributed by atoms with Crippen LogP contribution in [0.5, 0.6) is 0 Å². The molecule has 1 heterocycles. The van der Waals surface area contributed by atoms with E-state index in [-0.39, 0.29) is 0 Å². The van der Waals surface area contributed by atoms with E-state index in [1.807, 2.05) is 24.3 Å². The lowest BCUT2D eigenvalue weighted by Crippen LogP contribution is -2.12. The second kappa shape index (κ2) is 5.65. The monoisotopic (exact) mass is 271 g/mol. The van der Waals surface area contributed by atoms with Crippen molar-refractivity contribution in [2.75, 3.05) is 5.73 Å². The molecule has 4 nitrogen and oxygen atoms in total. The van der Waals surface area contributed by atoms with Crippen LogP contribution in [0.25, 0.3) is 0 Å². The number of nitrogens with two attached hydrogens (primary N) is 1. The maximum atomic E-state index is 5.78. The largest absolute Gasteiger partial charge is 0.399 e. The van der Waals surface area contributed by atoms with E-state index in [0.29, 0.717) is 18.2 Å². The van der Waals surface area contributed by atoms with Crippen LogP contribution in [-0.4, -0.2) is 10.1 Å². The van der Waals surface area contributed by atoms with Gasteiger partial charge in [0.1, 0.15) is 0 Å². The molecule has 1 aliphatic rings. The Balaban J connectivity index is 1.67. The molecule has 0 amide bonds. The minimum atomic E-state index is 0.476. The first-order valence-electron chi connectivity index (χ1n) is 7.37. The van der Waals surface area contributed by atoms with Gasteiger partial charge >= 0.3 is 0 Å². The summed E-state index contributed by atoms with van der Waals surface area (Å²) < 4.78 is 5.39. The van der Waals surface area contributed by atoms with E-state index in [1.54, 1.807) is 0 Å². The van der Waals surface area contributed by atoms with Gasteiger partial charge in [-0.05, 0) is 36.5 Å². The number of aromatic nitrogens is 2. The Kier molecular flexibility index (Phi) is 3.72. The SMILES string of the molecule is CC1CCC(c2noc(Cc3cccc(N)c3)n2)CC1. The molecular weight excluding hydrogens is 250 g/mol. The number of hydrogen-bond acceptors (Lipinski definition) is 4. The van der Waals surface area contributed by atoms with E-state index >= 15 is 0 Å². The van der Waals surface area contributed by atoms with Crippen LogP contribution in [0.3, 0.4) is 0 Å². The molecule has 0 unspecified atom stereocenters. The Bertz CT molecular complexity index is 571. The molecule has 1 saturated carbocycles. The fourth-order valence-electron chi connectivity index (χ4n) is 2.90. The first kappa shape index (κ1) is 13.2. The summed E-state index contributed by atoms with van der Waals surface area (Å²) in [5.41, 5.74) is 7.66. The molecular formula is C16H21N3O. The van der Waals surface area contributed by atoms with E-state index in [2.05, 4.69) is 17.1 Å². The highest BCUT2D eigenvalue weighted by atomic mass is 16.5. The molecule has 1 aromatic carbocycles. The number of rotatable bonds is 3. The van der Waals surface area contributed by atoms with Crippen LogP contribution < -0.4 is 5.73 Å². The summed E-state index contributed by atoms with van der Waals surface area (Å²) in [7, 11) is 0. The van der Waals surface area contributed by atoms with Crippen LogP contribution in [0.15, 0.2) is 28.8 Å². The Hall–Kier alpha value is -1.84. The van der Waals surface area contributed by atoms with Gasteiger partial charge in [-0.15, -0.1) is 0 Å². The lowest BCUT2D eigenvalue weighted by Gasteiger charge is -2.23. The molecule has 0 bridgehead atoms. The Morgan fingerprint density at radius 2 is 2.05 bits per heavy atom. The van der Waals surface area contributed by atoms with Crippen LogP contribution in [0.4, 0.5) is 5.69 Å². The Morgan fingerprint density at radius 3 is 2.80 bits per heavy atom. The summed E-state index contributed by atoms with van der Waals surface area (Å²) in [6.07, 6.45) is 5.55. The van der Waals surface area contributed by atoms with Crippen molar-refractivity contribution in [2.45, 2.75) is 44.9 Å². The molecule has 20 heavy (non-hydrogen) atoms. The molecule has 0 saturated heterocycles. The van der Waals surface area contributed by atoms with Crippen LogP contribution in [0.2, 0.25) is 0 Å². The van der Waals surface area contributed by atoms with Gasteiger partial charge in [0.2, 0.25) is 5.89 Å². The molecule has 106 valence electrons. The molecule has 0 spiro atoms. The smallest absolute Gasteiger partial charge is 0.231 e. The van der Waals surface area contributed by atoms with E-state index < -0.39 is 0 Å². The number of benzene rings is 1. The third-order valence-corrected chi connectivity index (χ3v) is 4.17. The standard InChI is InChI=1S/C16H21N3O/c1-11-5-7-13(8-6-11)16-18-15(20-19-16)10-12-3-2-4-14(17)9-12/h2-4,9,11,13H,5-8,10,17H2,1H3. The second-order valence-corrected chi connectivity index (χ2v) is 5.92. The number of nitrogen functional groups attached to an aromatic ring is 1. The van der Waals surface area contributed by atoms with Gasteiger partial charge in [0.05, 0.1) is 6.42 Å². The number of anilines is 1. The molecule has 2 aromatic rings. The highest BCUT2D eigenvalue weighted by Crippen LogP contribution is 2.34. The van der Waals surface area contributed by atoms with Gasteiger partial charge in [-0.25, -0.2) is 0 Å². The summed E-state index contributed by atoms with van der Waals surface area (Å²) in [5.74, 6) is 2.88. The van der Waals surface area contributed by atoms with Crippen LogP contribution >= 0.6 is 0 Å². The first-order valence-corrected chi connectivity index (χ1v) is 7.37. The van der Waals surface area contributed by atoms with Crippen molar-refractivity contribution in [3.05, 3.63) is 41.5 Å². The van der Waals surface area contributed by atoms with Crippen molar-refractivity contribution in [3.8, 4) is 0 Å². The van der Waals surface area contributed by atoms with Crippen LogP contribution in [0, 0.1) is 5.92 Å². The molecule has 0 radical (unpaired) electrons. The van der Waals surface area contributed by atoms with Crippen molar-refractivity contribution >= 4 is 5.69 Å². The average molecular weight is 271 g/mol. The molecule has 1 aliphatic carbocycles. The minimum Gasteiger partial charge on any atom is -0.399 e. The summed E-state index contributed by atoms with van der Waals surface area (Å²) in [4.78, 5) is 4.57. The molecule has 0 atom stereocenters. The van der Waals surface area contributed by atoms with Gasteiger partial charge in [0, 0.05) is 11.6 Å². The second-order valence-electron chi connectivity index (χ2n) is 5.92. The maximum Gasteiger partial charge on any atom is 0.231 e. The zero-order valence-corrected chi connectivity index (χ0v) is 11.9. The van der Waals surface area contributed by atoms with E-state index in [0.717, 1.165) is 23.0 Å². The van der Waals surface area contributed by atoms with Crippen molar-refractivity contribution < 1.29 is 4.52 Å². The zero-order valence-electron chi connectivity index (χ0n) is 11.9. The Morgan fingerprint density at radius 1 is 1.25 bits per heavy atom. The number of hydrogen-bond donors (Lipinski definition) is 1. The predicted molar refractivity (Wildman–Crippen MR) is 78.3 cm³/mol. The third kappa shape index (κ3) is 3.00. The fourth-order valence-corrected chi connectivity index (χ4v) is 2.90. The highest BCUT2D eigenvalue weighted by molar-refractivity contribution is 5.41. The Labute approximate surface area is 119 Å². The average Bonchev–Trinajstić information content (AvgIpc) is 2.88. The van der Waals surface area contributed by atoms with Crippen LogP contribution in [-0.2, 0) is 6.42 Å². The molecule has 2 N–H and O–H groups in total. The molecule has 1 aromatic heterocycles. The van der Waals surface area contributed by atoms with E-state index in [1.165, 1.54) is 25.7 Å². The van der Waals surface area contributed by atoms with Gasteiger partial charge in [0.25, 0.3) is 0 Å². The first-order chi connectivity index (χ1) is 9.70. The van der Waals surface area contributed by atoms with Crippen molar-refractivity contribution in [3.63, 3.8) is 0 Å². The third-order valence-electron chi connectivity index (χ3n) is 4.17. The quantitative estimate of drug-likeness (QED) is 0.867.